The van der Waals surface area contributed by atoms with Crippen LogP contribution in [0, 0.1) is 6.92 Å². The van der Waals surface area contributed by atoms with E-state index in [0.29, 0.717) is 17.7 Å². The maximum Gasteiger partial charge on any atom is 0.435 e. The number of hydrogen-bond acceptors (Lipinski definition) is 5. The highest BCUT2D eigenvalue weighted by molar-refractivity contribution is 7.90. The molecule has 176 valence electrons. The van der Waals surface area contributed by atoms with E-state index in [1.165, 1.54) is 22.9 Å². The van der Waals surface area contributed by atoms with Gasteiger partial charge in [0.15, 0.2) is 11.4 Å². The van der Waals surface area contributed by atoms with Gasteiger partial charge in [-0.1, -0.05) is 35.0 Å². The van der Waals surface area contributed by atoms with Crippen molar-refractivity contribution in [3.63, 3.8) is 0 Å². The number of nitrogens with one attached hydrogen (secondary N) is 1. The Morgan fingerprint density at radius 2 is 1.67 bits per heavy atom. The molecule has 0 saturated carbocycles. The number of amides is 1. The number of benzene rings is 2. The SMILES string of the molecule is Cc1ccc(-n2nnc(C(=O)NS(=O)(=O)c3ccccc3C(F)(F)F)c2C(F)(F)F)c(Cl)c1. The quantitative estimate of drug-likeness (QED) is 0.523. The van der Waals surface area contributed by atoms with Crippen molar-refractivity contribution >= 4 is 27.5 Å². The Morgan fingerprint density at radius 3 is 2.24 bits per heavy atom. The van der Waals surface area contributed by atoms with Gasteiger partial charge in [-0.3, -0.25) is 4.79 Å². The number of aromatic nitrogens is 3. The monoisotopic (exact) mass is 512 g/mol. The maximum atomic E-state index is 13.8. The maximum absolute atomic E-state index is 13.8. The molecule has 33 heavy (non-hydrogen) atoms. The molecule has 0 saturated heterocycles. The highest BCUT2D eigenvalue weighted by Crippen LogP contribution is 2.36. The number of nitrogens with zero attached hydrogens (tertiary/aromatic N) is 3. The van der Waals surface area contributed by atoms with Crippen LogP contribution in [0.5, 0.6) is 0 Å². The van der Waals surface area contributed by atoms with Gasteiger partial charge in [0.2, 0.25) is 0 Å². The third kappa shape index (κ3) is 4.95. The van der Waals surface area contributed by atoms with Crippen LogP contribution in [-0.4, -0.2) is 29.3 Å². The molecule has 7 nitrogen and oxygen atoms in total. The minimum absolute atomic E-state index is 0.177. The Labute approximate surface area is 187 Å². The van der Waals surface area contributed by atoms with Crippen LogP contribution in [0.25, 0.3) is 5.69 Å². The van der Waals surface area contributed by atoms with Gasteiger partial charge in [-0.25, -0.2) is 17.8 Å². The highest BCUT2D eigenvalue weighted by Gasteiger charge is 2.44. The molecule has 2 aromatic carbocycles. The number of hydrogen-bond donors (Lipinski definition) is 1. The molecule has 0 aliphatic heterocycles. The number of aryl methyl sites for hydroxylation is 1. The first-order valence-electron chi connectivity index (χ1n) is 8.65. The molecule has 0 radical (unpaired) electrons. The molecular weight excluding hydrogens is 502 g/mol. The average molecular weight is 513 g/mol. The number of carbonyl (C=O) groups is 1. The zero-order valence-electron chi connectivity index (χ0n) is 16.2. The predicted octanol–water partition coefficient (Wildman–Crippen LogP) is 4.39. The second-order valence-corrected chi connectivity index (χ2v) is 8.64. The van der Waals surface area contributed by atoms with Gasteiger partial charge >= 0.3 is 12.4 Å². The molecule has 0 spiro atoms. The van der Waals surface area contributed by atoms with Crippen LogP contribution < -0.4 is 4.72 Å². The number of rotatable bonds is 4. The lowest BCUT2D eigenvalue weighted by molar-refractivity contribution is -0.143. The van der Waals surface area contributed by atoms with Crippen LogP contribution in [-0.2, 0) is 22.4 Å². The van der Waals surface area contributed by atoms with Gasteiger partial charge in [0.1, 0.15) is 0 Å². The summed E-state index contributed by atoms with van der Waals surface area (Å²) in [6.07, 6.45) is -10.4. The lowest BCUT2D eigenvalue weighted by atomic mass is 10.2. The van der Waals surface area contributed by atoms with Gasteiger partial charge in [-0.15, -0.1) is 5.10 Å². The molecule has 1 amide bonds. The third-order valence-corrected chi connectivity index (χ3v) is 5.89. The normalized spacial score (nSPS) is 12.6. The minimum atomic E-state index is -5.27. The van der Waals surface area contributed by atoms with Crippen molar-refractivity contribution in [3.8, 4) is 5.69 Å². The molecule has 0 aliphatic carbocycles. The third-order valence-electron chi connectivity index (χ3n) is 4.19. The Bertz CT molecular complexity index is 1340. The van der Waals surface area contributed by atoms with Gasteiger partial charge in [-0.05, 0) is 36.8 Å². The Kier molecular flexibility index (Phi) is 6.19. The standard InChI is InChI=1S/C18H11ClF6N4O3S/c1-9-6-7-12(11(19)8-9)29-15(18(23,24)25)14(26-28-29)16(30)27-33(31,32)13-5-3-2-4-10(13)17(20,21)22/h2-8H,1H3,(H,27,30). The van der Waals surface area contributed by atoms with Crippen molar-refractivity contribution in [1.82, 2.24) is 19.7 Å². The molecular formula is C18H11ClF6N4O3S. The zero-order chi connectivity index (χ0) is 24.8. The van der Waals surface area contributed by atoms with E-state index in [1.54, 1.807) is 6.92 Å². The van der Waals surface area contributed by atoms with E-state index in [0.717, 1.165) is 12.1 Å². The summed E-state index contributed by atoms with van der Waals surface area (Å²) in [6.45, 7) is 1.62. The van der Waals surface area contributed by atoms with Gasteiger partial charge in [0, 0.05) is 0 Å². The summed E-state index contributed by atoms with van der Waals surface area (Å²) in [7, 11) is -5.24. The first kappa shape index (κ1) is 24.5. The summed E-state index contributed by atoms with van der Waals surface area (Å²) in [5.41, 5.74) is -4.58. The van der Waals surface area contributed by atoms with Crippen LogP contribution in [0.3, 0.4) is 0 Å². The van der Waals surface area contributed by atoms with E-state index in [1.807, 2.05) is 0 Å². The van der Waals surface area contributed by atoms with Crippen molar-refractivity contribution in [2.45, 2.75) is 24.2 Å². The second kappa shape index (κ2) is 8.33. The molecule has 1 aromatic heterocycles. The van der Waals surface area contributed by atoms with Crippen molar-refractivity contribution in [2.24, 2.45) is 0 Å². The van der Waals surface area contributed by atoms with E-state index >= 15 is 0 Å². The molecule has 0 unspecified atom stereocenters. The van der Waals surface area contributed by atoms with Crippen molar-refractivity contribution in [2.75, 3.05) is 0 Å². The zero-order valence-corrected chi connectivity index (χ0v) is 17.7. The van der Waals surface area contributed by atoms with E-state index < -0.39 is 50.1 Å². The summed E-state index contributed by atoms with van der Waals surface area (Å²) in [5.74, 6) is -1.94. The minimum Gasteiger partial charge on any atom is -0.266 e. The first-order chi connectivity index (χ1) is 15.1. The summed E-state index contributed by atoms with van der Waals surface area (Å²) in [4.78, 5) is 11.1. The lowest BCUT2D eigenvalue weighted by Crippen LogP contribution is -2.34. The highest BCUT2D eigenvalue weighted by atomic mass is 35.5. The molecule has 0 atom stereocenters. The topological polar surface area (TPSA) is 93.9 Å². The van der Waals surface area contributed by atoms with Crippen molar-refractivity contribution < 1.29 is 39.6 Å². The number of alkyl halides is 6. The van der Waals surface area contributed by atoms with Crippen LogP contribution >= 0.6 is 11.6 Å². The largest absolute Gasteiger partial charge is 0.435 e. The fourth-order valence-corrected chi connectivity index (χ4v) is 4.30. The number of sulfonamides is 1. The summed E-state index contributed by atoms with van der Waals surface area (Å²) in [5, 5.41) is 6.18. The predicted molar refractivity (Wildman–Crippen MR) is 102 cm³/mol. The van der Waals surface area contributed by atoms with Crippen LogP contribution in [0.2, 0.25) is 5.02 Å². The Balaban J connectivity index is 2.08. The fraction of sp³-hybridized carbons (Fsp3) is 0.167. The van der Waals surface area contributed by atoms with Crippen LogP contribution in [0.15, 0.2) is 47.4 Å². The van der Waals surface area contributed by atoms with Crippen molar-refractivity contribution in [3.05, 3.63) is 70.0 Å². The summed E-state index contributed by atoms with van der Waals surface area (Å²) < 4.78 is 107. The van der Waals surface area contributed by atoms with Gasteiger partial charge in [0.25, 0.3) is 15.9 Å². The number of halogens is 7. The van der Waals surface area contributed by atoms with Crippen molar-refractivity contribution in [1.29, 1.82) is 0 Å². The van der Waals surface area contributed by atoms with E-state index in [9.17, 15) is 39.6 Å². The molecule has 1 heterocycles. The smallest absolute Gasteiger partial charge is 0.266 e. The lowest BCUT2D eigenvalue weighted by Gasteiger charge is -2.14. The molecule has 15 heteroatoms. The molecule has 3 aromatic rings. The van der Waals surface area contributed by atoms with Gasteiger partial charge in [0.05, 0.1) is 21.2 Å². The van der Waals surface area contributed by atoms with E-state index in [4.69, 9.17) is 11.6 Å². The molecule has 0 fully saturated rings. The first-order valence-corrected chi connectivity index (χ1v) is 10.5. The molecule has 0 aliphatic rings. The van der Waals surface area contributed by atoms with Gasteiger partial charge in [-0.2, -0.15) is 26.3 Å². The second-order valence-electron chi connectivity index (χ2n) is 6.58. The molecule has 3 rings (SSSR count). The summed E-state index contributed by atoms with van der Waals surface area (Å²) in [6, 6.07) is 6.73. The summed E-state index contributed by atoms with van der Waals surface area (Å²) >= 11 is 5.96. The fourth-order valence-electron chi connectivity index (χ4n) is 2.80. The van der Waals surface area contributed by atoms with Gasteiger partial charge < -0.3 is 0 Å². The number of carbonyl (C=O) groups excluding carboxylic acids is 1. The Morgan fingerprint density at radius 1 is 1.03 bits per heavy atom. The van der Waals surface area contributed by atoms with Crippen LogP contribution in [0.1, 0.15) is 27.3 Å². The Hall–Kier alpha value is -3.13. The average Bonchev–Trinajstić information content (AvgIpc) is 3.12. The van der Waals surface area contributed by atoms with E-state index in [2.05, 4.69) is 10.3 Å². The molecule has 1 N–H and O–H groups in total. The van der Waals surface area contributed by atoms with Crippen LogP contribution in [0.4, 0.5) is 26.3 Å². The molecule has 0 bridgehead atoms. The van der Waals surface area contributed by atoms with E-state index in [-0.39, 0.29) is 15.4 Å².